The number of nitrogens with one attached hydrogen (secondary N) is 1. The van der Waals surface area contributed by atoms with Crippen molar-refractivity contribution in [2.75, 3.05) is 5.73 Å². The maximum atomic E-state index is 12.8. The fraction of sp³-hybridized carbons (Fsp3) is 0.167. The number of benzene rings is 1. The van der Waals surface area contributed by atoms with Gasteiger partial charge < -0.3 is 5.73 Å². The van der Waals surface area contributed by atoms with Gasteiger partial charge in [-0.2, -0.15) is 13.2 Å². The lowest BCUT2D eigenvalue weighted by Gasteiger charge is -2.17. The largest absolute Gasteiger partial charge is 0.404 e. The van der Waals surface area contributed by atoms with Gasteiger partial charge in [0.25, 0.3) is 0 Å². The van der Waals surface area contributed by atoms with E-state index >= 15 is 0 Å². The van der Waals surface area contributed by atoms with Crippen molar-refractivity contribution in [1.82, 2.24) is 19.7 Å². The van der Waals surface area contributed by atoms with Crippen LogP contribution >= 0.6 is 0 Å². The van der Waals surface area contributed by atoms with Gasteiger partial charge in [0, 0.05) is 35.3 Å². The number of aromatic nitrogens is 3. The molecule has 0 spiro atoms. The Kier molecular flexibility index (Phi) is 5.71. The number of nitrogen functional groups attached to an aromatic ring is 1. The van der Waals surface area contributed by atoms with Crippen molar-refractivity contribution in [3.8, 4) is 22.4 Å². The minimum absolute atomic E-state index is 0.150. The van der Waals surface area contributed by atoms with Crippen molar-refractivity contribution >= 4 is 16.9 Å². The number of anilines is 1. The number of pyridine rings is 1. The van der Waals surface area contributed by atoms with Gasteiger partial charge in [-0.15, -0.1) is 0 Å². The Hall–Kier alpha value is -2.85. The van der Waals surface area contributed by atoms with Crippen LogP contribution in [0.4, 0.5) is 19.1 Å². The highest BCUT2D eigenvalue weighted by Crippen LogP contribution is 2.28. The molecule has 0 aliphatic heterocycles. The number of hydrogen-bond donors (Lipinski definition) is 2. The van der Waals surface area contributed by atoms with Crippen LogP contribution in [-0.4, -0.2) is 31.4 Å². The van der Waals surface area contributed by atoms with Crippen molar-refractivity contribution in [3.05, 3.63) is 55.0 Å². The molecule has 6 nitrogen and oxygen atoms in total. The zero-order chi connectivity index (χ0) is 20.3. The van der Waals surface area contributed by atoms with Gasteiger partial charge in [-0.05, 0) is 19.1 Å². The maximum absolute atomic E-state index is 12.8. The van der Waals surface area contributed by atoms with E-state index < -0.39 is 23.2 Å². The summed E-state index contributed by atoms with van der Waals surface area (Å²) >= 11 is 0. The average molecular weight is 407 g/mol. The summed E-state index contributed by atoms with van der Waals surface area (Å²) in [5.41, 5.74) is 7.87. The first-order valence-electron chi connectivity index (χ1n) is 8.13. The number of hydrogen-bond acceptors (Lipinski definition) is 5. The predicted octanol–water partition coefficient (Wildman–Crippen LogP) is 3.35. The summed E-state index contributed by atoms with van der Waals surface area (Å²) in [4.78, 5) is 12.4. The summed E-state index contributed by atoms with van der Waals surface area (Å²) in [7, 11) is -2.05. The molecule has 0 fully saturated rings. The van der Waals surface area contributed by atoms with Crippen LogP contribution < -0.4 is 10.5 Å². The van der Waals surface area contributed by atoms with Gasteiger partial charge in [0.2, 0.25) is 5.95 Å². The third kappa shape index (κ3) is 4.52. The molecular weight excluding hydrogens is 391 g/mol. The molecule has 1 unspecified atom stereocenters. The summed E-state index contributed by atoms with van der Waals surface area (Å²) in [5.74, 6) is 0.150. The molecule has 0 saturated heterocycles. The molecule has 0 radical (unpaired) electrons. The summed E-state index contributed by atoms with van der Waals surface area (Å²) in [6.07, 6.45) is 0.134. The average Bonchev–Trinajstić information content (AvgIpc) is 2.68. The van der Waals surface area contributed by atoms with Crippen LogP contribution in [0.2, 0.25) is 0 Å². The van der Waals surface area contributed by atoms with Crippen LogP contribution in [0.5, 0.6) is 0 Å². The quantitative estimate of drug-likeness (QED) is 0.677. The second kappa shape index (κ2) is 8.03. The Morgan fingerprint density at radius 1 is 1.00 bits per heavy atom. The SMILES string of the molecule is C[C@@H](NS(=O)c1ccccc1-c1ccc(-c2cnc(N)nc2)nc1)C(F)(F)F. The van der Waals surface area contributed by atoms with Crippen molar-refractivity contribution < 1.29 is 17.4 Å². The number of rotatable bonds is 5. The van der Waals surface area contributed by atoms with Gasteiger partial charge in [-0.25, -0.2) is 18.9 Å². The first kappa shape index (κ1) is 19.9. The Bertz CT molecular complexity index is 978. The topological polar surface area (TPSA) is 93.8 Å². The standard InChI is InChI=1S/C18H16F3N5OS/c1-11(18(19,20)21)26-28(27)16-5-3-2-4-14(16)12-6-7-15(23-8-12)13-9-24-17(22)25-10-13/h2-11,26H,1H3,(H2,22,24,25)/t11-,28?/m1/s1. The Balaban J connectivity index is 1.88. The van der Waals surface area contributed by atoms with Gasteiger partial charge in [-0.3, -0.25) is 4.98 Å². The van der Waals surface area contributed by atoms with Gasteiger partial charge in [0.15, 0.2) is 0 Å². The van der Waals surface area contributed by atoms with E-state index in [2.05, 4.69) is 19.7 Å². The minimum Gasteiger partial charge on any atom is -0.368 e. The first-order valence-corrected chi connectivity index (χ1v) is 9.28. The fourth-order valence-electron chi connectivity index (χ4n) is 2.35. The molecule has 10 heteroatoms. The Labute approximate surface area is 161 Å². The third-order valence-corrected chi connectivity index (χ3v) is 5.23. The van der Waals surface area contributed by atoms with E-state index in [-0.39, 0.29) is 10.8 Å². The summed E-state index contributed by atoms with van der Waals surface area (Å²) in [6.45, 7) is 0.922. The van der Waals surface area contributed by atoms with E-state index in [1.54, 1.807) is 36.5 Å². The Morgan fingerprint density at radius 2 is 1.64 bits per heavy atom. The predicted molar refractivity (Wildman–Crippen MR) is 100 cm³/mol. The molecule has 3 aromatic rings. The lowest BCUT2D eigenvalue weighted by atomic mass is 10.1. The monoisotopic (exact) mass is 407 g/mol. The highest BCUT2D eigenvalue weighted by Gasteiger charge is 2.37. The lowest BCUT2D eigenvalue weighted by Crippen LogP contribution is -2.40. The highest BCUT2D eigenvalue weighted by molar-refractivity contribution is 7.83. The first-order chi connectivity index (χ1) is 13.3. The molecule has 0 aliphatic rings. The van der Waals surface area contributed by atoms with Gasteiger partial charge in [0.1, 0.15) is 17.0 Å². The second-order valence-corrected chi connectivity index (χ2v) is 7.12. The third-order valence-electron chi connectivity index (χ3n) is 3.90. The number of nitrogens with zero attached hydrogens (tertiary/aromatic N) is 3. The van der Waals surface area contributed by atoms with Gasteiger partial charge in [0.05, 0.1) is 10.6 Å². The van der Waals surface area contributed by atoms with E-state index in [4.69, 9.17) is 5.73 Å². The second-order valence-electron chi connectivity index (χ2n) is 5.91. The molecule has 3 rings (SSSR count). The van der Waals surface area contributed by atoms with E-state index in [1.807, 2.05) is 0 Å². The van der Waals surface area contributed by atoms with Crippen molar-refractivity contribution in [1.29, 1.82) is 0 Å². The van der Waals surface area contributed by atoms with Crippen molar-refractivity contribution in [2.45, 2.75) is 24.0 Å². The molecule has 0 bridgehead atoms. The van der Waals surface area contributed by atoms with Gasteiger partial charge in [-0.1, -0.05) is 24.3 Å². The smallest absolute Gasteiger partial charge is 0.368 e. The normalized spacial score (nSPS) is 13.9. The van der Waals surface area contributed by atoms with Crippen molar-refractivity contribution in [3.63, 3.8) is 0 Å². The molecule has 1 aromatic carbocycles. The van der Waals surface area contributed by atoms with E-state index in [1.165, 1.54) is 18.5 Å². The number of nitrogens with two attached hydrogens (primary N) is 1. The minimum atomic E-state index is -4.49. The van der Waals surface area contributed by atoms with Crippen LogP contribution in [0.1, 0.15) is 6.92 Å². The van der Waals surface area contributed by atoms with Crippen molar-refractivity contribution in [2.24, 2.45) is 0 Å². The molecule has 2 heterocycles. The molecule has 0 aliphatic carbocycles. The molecule has 146 valence electrons. The van der Waals surface area contributed by atoms with Crippen LogP contribution in [0.3, 0.4) is 0 Å². The van der Waals surface area contributed by atoms with Crippen LogP contribution in [-0.2, 0) is 11.0 Å². The Morgan fingerprint density at radius 3 is 2.25 bits per heavy atom. The summed E-state index contributed by atoms with van der Waals surface area (Å²) in [5, 5.41) is 0. The van der Waals surface area contributed by atoms with Crippen LogP contribution in [0.25, 0.3) is 22.4 Å². The maximum Gasteiger partial charge on any atom is 0.404 e. The zero-order valence-corrected chi connectivity index (χ0v) is 15.5. The lowest BCUT2D eigenvalue weighted by molar-refractivity contribution is -0.146. The highest BCUT2D eigenvalue weighted by atomic mass is 32.2. The molecule has 3 N–H and O–H groups in total. The molecule has 0 amide bonds. The zero-order valence-electron chi connectivity index (χ0n) is 14.6. The number of alkyl halides is 3. The van der Waals surface area contributed by atoms with E-state index in [0.717, 1.165) is 6.92 Å². The summed E-state index contributed by atoms with van der Waals surface area (Å²) in [6, 6.07) is 8.07. The van der Waals surface area contributed by atoms with Gasteiger partial charge >= 0.3 is 6.18 Å². The molecule has 2 aromatic heterocycles. The molecule has 2 atom stereocenters. The van der Waals surface area contributed by atoms with E-state index in [9.17, 15) is 17.4 Å². The van der Waals surface area contributed by atoms with Crippen LogP contribution in [0.15, 0.2) is 59.9 Å². The summed E-state index contributed by atoms with van der Waals surface area (Å²) < 4.78 is 52.8. The fourth-order valence-corrected chi connectivity index (χ4v) is 3.52. The number of halogens is 3. The molecular formula is C18H16F3N5OS. The molecule has 28 heavy (non-hydrogen) atoms. The van der Waals surface area contributed by atoms with Crippen LogP contribution in [0, 0.1) is 0 Å². The van der Waals surface area contributed by atoms with E-state index in [0.29, 0.717) is 22.4 Å². The molecule has 0 saturated carbocycles.